The Labute approximate surface area is 205 Å². The van der Waals surface area contributed by atoms with Gasteiger partial charge in [-0.3, -0.25) is 14.4 Å². The number of nitrogens with one attached hydrogen (secondary N) is 1. The Morgan fingerprint density at radius 3 is 2.40 bits per heavy atom. The van der Waals surface area contributed by atoms with Gasteiger partial charge in [0.05, 0.1) is 21.1 Å². The average molecular weight is 499 g/mol. The number of anilines is 1. The monoisotopic (exact) mass is 498 g/mol. The summed E-state index contributed by atoms with van der Waals surface area (Å²) in [4.78, 5) is 39.6. The second-order valence-electron chi connectivity index (χ2n) is 10.4. The highest BCUT2D eigenvalue weighted by molar-refractivity contribution is 6.88. The van der Waals surface area contributed by atoms with Crippen LogP contribution in [0.2, 0.25) is 19.6 Å². The summed E-state index contributed by atoms with van der Waals surface area (Å²) < 4.78 is 20.1. The number of halogens is 1. The van der Waals surface area contributed by atoms with Gasteiger partial charge in [-0.2, -0.15) is 0 Å². The number of carbonyl (C=O) groups is 3. The van der Waals surface area contributed by atoms with Gasteiger partial charge in [-0.25, -0.2) is 4.39 Å². The quantitative estimate of drug-likeness (QED) is 0.594. The van der Waals surface area contributed by atoms with Crippen LogP contribution in [0.25, 0.3) is 0 Å². The fourth-order valence-electron chi connectivity index (χ4n) is 4.92. The fraction of sp³-hybridized carbons (Fsp3) is 0.423. The highest BCUT2D eigenvalue weighted by Crippen LogP contribution is 2.40. The number of aliphatic carboxylic acids is 1. The lowest BCUT2D eigenvalue weighted by Crippen LogP contribution is -2.50. The summed E-state index contributed by atoms with van der Waals surface area (Å²) in [6, 6.07) is 9.25. The van der Waals surface area contributed by atoms with Crippen molar-refractivity contribution >= 4 is 36.7 Å². The maximum Gasteiger partial charge on any atom is 0.306 e. The van der Waals surface area contributed by atoms with E-state index in [1.165, 1.54) is 6.07 Å². The zero-order valence-corrected chi connectivity index (χ0v) is 21.4. The topological polar surface area (TPSA) is 95.9 Å². The van der Waals surface area contributed by atoms with Crippen molar-refractivity contribution in [2.24, 2.45) is 11.8 Å². The molecule has 1 unspecified atom stereocenters. The molecule has 2 amide bonds. The Morgan fingerprint density at radius 2 is 1.80 bits per heavy atom. The normalized spacial score (nSPS) is 21.5. The standard InChI is InChI=1S/C26H31FN2O5Si/c1-34-19-6-7-20-15(13-19)9-10-29(25(31)16-11-17(12-16)26(32)33)23(20)24(30)28-18-5-8-22(21(27)14-18)35(2,3)4/h5-8,13-14,16-17,23H,9-12H2,1-4H3,(H,28,30)(H,32,33)/t16-,17+,23?. The average Bonchev–Trinajstić information content (AvgIpc) is 2.75. The number of amides is 2. The van der Waals surface area contributed by atoms with E-state index in [1.54, 1.807) is 36.3 Å². The fourth-order valence-corrected chi connectivity index (χ4v) is 6.29. The SMILES string of the molecule is COc1ccc2c(c1)CCN(C(=O)[C@H]1C[C@@H](C(=O)O)C1)C2C(=O)Nc1ccc([Si](C)(C)C)c(F)c1. The van der Waals surface area contributed by atoms with Crippen molar-refractivity contribution in [2.75, 3.05) is 19.0 Å². The molecule has 9 heteroatoms. The third-order valence-electron chi connectivity index (χ3n) is 6.99. The van der Waals surface area contributed by atoms with Crippen LogP contribution in [0, 0.1) is 17.7 Å². The Balaban J connectivity index is 1.62. The number of benzene rings is 2. The van der Waals surface area contributed by atoms with Crippen LogP contribution in [-0.2, 0) is 20.8 Å². The summed E-state index contributed by atoms with van der Waals surface area (Å²) in [7, 11) is -0.306. The molecule has 2 N–H and O–H groups in total. The van der Waals surface area contributed by atoms with Crippen molar-refractivity contribution in [3.63, 3.8) is 0 Å². The van der Waals surface area contributed by atoms with Crippen molar-refractivity contribution in [1.82, 2.24) is 4.90 Å². The molecule has 2 aliphatic rings. The van der Waals surface area contributed by atoms with Crippen LogP contribution in [-0.4, -0.2) is 49.5 Å². The van der Waals surface area contributed by atoms with Crippen LogP contribution >= 0.6 is 0 Å². The number of carbonyl (C=O) groups excluding carboxylic acids is 2. The van der Waals surface area contributed by atoms with Gasteiger partial charge in [0.15, 0.2) is 0 Å². The molecule has 4 rings (SSSR count). The summed E-state index contributed by atoms with van der Waals surface area (Å²) in [6.45, 7) is 6.48. The molecule has 1 aliphatic carbocycles. The predicted molar refractivity (Wildman–Crippen MR) is 133 cm³/mol. The lowest BCUT2D eigenvalue weighted by molar-refractivity contribution is -0.154. The number of carboxylic acids is 1. The molecular formula is C26H31FN2O5Si. The smallest absolute Gasteiger partial charge is 0.306 e. The molecule has 1 atom stereocenters. The first kappa shape index (κ1) is 24.9. The van der Waals surface area contributed by atoms with Crippen LogP contribution in [0.3, 0.4) is 0 Å². The Hall–Kier alpha value is -3.20. The van der Waals surface area contributed by atoms with E-state index in [2.05, 4.69) is 25.0 Å². The molecule has 0 bridgehead atoms. The van der Waals surface area contributed by atoms with Crippen LogP contribution in [0.1, 0.15) is 30.0 Å². The molecule has 0 radical (unpaired) electrons. The highest BCUT2D eigenvalue weighted by atomic mass is 28.3. The van der Waals surface area contributed by atoms with Gasteiger partial charge in [0.25, 0.3) is 5.91 Å². The van der Waals surface area contributed by atoms with Gasteiger partial charge in [-0.05, 0) is 59.8 Å². The van der Waals surface area contributed by atoms with Gasteiger partial charge < -0.3 is 20.1 Å². The molecule has 0 saturated heterocycles. The molecule has 1 heterocycles. The van der Waals surface area contributed by atoms with E-state index in [1.807, 2.05) is 6.07 Å². The van der Waals surface area contributed by atoms with Gasteiger partial charge in [0.2, 0.25) is 5.91 Å². The molecule has 186 valence electrons. The Bertz CT molecular complexity index is 1170. The number of carboxylic acid groups (broad SMARTS) is 1. The summed E-state index contributed by atoms with van der Waals surface area (Å²) in [5.41, 5.74) is 1.93. The van der Waals surface area contributed by atoms with Crippen molar-refractivity contribution < 1.29 is 28.6 Å². The van der Waals surface area contributed by atoms with Crippen molar-refractivity contribution in [1.29, 1.82) is 0 Å². The first-order chi connectivity index (χ1) is 16.5. The molecule has 1 aliphatic heterocycles. The van der Waals surface area contributed by atoms with Crippen molar-refractivity contribution in [2.45, 2.75) is 44.9 Å². The maximum absolute atomic E-state index is 14.8. The molecule has 0 aromatic heterocycles. The number of methoxy groups -OCH3 is 1. The summed E-state index contributed by atoms with van der Waals surface area (Å²) in [5, 5.41) is 12.7. The third-order valence-corrected chi connectivity index (χ3v) is 9.01. The van der Waals surface area contributed by atoms with E-state index in [-0.39, 0.29) is 24.6 Å². The third kappa shape index (κ3) is 4.95. The van der Waals surface area contributed by atoms with Crippen LogP contribution < -0.4 is 15.2 Å². The Morgan fingerprint density at radius 1 is 1.09 bits per heavy atom. The van der Waals surface area contributed by atoms with Gasteiger partial charge in [0.1, 0.15) is 17.6 Å². The van der Waals surface area contributed by atoms with Crippen molar-refractivity contribution in [3.8, 4) is 5.75 Å². The minimum Gasteiger partial charge on any atom is -0.497 e. The number of nitrogens with zero attached hydrogens (tertiary/aromatic N) is 1. The number of rotatable bonds is 6. The van der Waals surface area contributed by atoms with Gasteiger partial charge in [-0.15, -0.1) is 0 Å². The second kappa shape index (κ2) is 9.45. The maximum atomic E-state index is 14.8. The highest BCUT2D eigenvalue weighted by Gasteiger charge is 2.44. The number of fused-ring (bicyclic) bond motifs is 1. The largest absolute Gasteiger partial charge is 0.497 e. The molecule has 2 aromatic carbocycles. The molecular weight excluding hydrogens is 467 g/mol. The van der Waals surface area contributed by atoms with E-state index >= 15 is 0 Å². The van der Waals surface area contributed by atoms with Gasteiger partial charge >= 0.3 is 5.97 Å². The van der Waals surface area contributed by atoms with Crippen LogP contribution in [0.15, 0.2) is 36.4 Å². The molecule has 35 heavy (non-hydrogen) atoms. The van der Waals surface area contributed by atoms with E-state index in [9.17, 15) is 23.9 Å². The lowest BCUT2D eigenvalue weighted by atomic mass is 9.73. The number of ether oxygens (including phenoxy) is 1. The summed E-state index contributed by atoms with van der Waals surface area (Å²) in [5.74, 6) is -2.18. The van der Waals surface area contributed by atoms with E-state index in [0.717, 1.165) is 5.56 Å². The number of hydrogen-bond acceptors (Lipinski definition) is 4. The van der Waals surface area contributed by atoms with Crippen LogP contribution in [0.5, 0.6) is 5.75 Å². The van der Waals surface area contributed by atoms with E-state index in [0.29, 0.717) is 35.2 Å². The predicted octanol–water partition coefficient (Wildman–Crippen LogP) is 3.55. The molecule has 1 fully saturated rings. The Kier molecular flexibility index (Phi) is 6.72. The number of hydrogen-bond donors (Lipinski definition) is 2. The minimum absolute atomic E-state index is 0.218. The zero-order valence-electron chi connectivity index (χ0n) is 20.4. The second-order valence-corrected chi connectivity index (χ2v) is 15.4. The van der Waals surface area contributed by atoms with Gasteiger partial charge in [0, 0.05) is 18.2 Å². The lowest BCUT2D eigenvalue weighted by Gasteiger charge is -2.41. The van der Waals surface area contributed by atoms with Crippen LogP contribution in [0.4, 0.5) is 10.1 Å². The first-order valence-electron chi connectivity index (χ1n) is 11.8. The first-order valence-corrected chi connectivity index (χ1v) is 15.3. The van der Waals surface area contributed by atoms with E-state index < -0.39 is 37.8 Å². The van der Waals surface area contributed by atoms with E-state index in [4.69, 9.17) is 4.74 Å². The molecule has 2 aromatic rings. The molecule has 0 spiro atoms. The zero-order chi connectivity index (χ0) is 25.5. The summed E-state index contributed by atoms with van der Waals surface area (Å²) >= 11 is 0. The summed E-state index contributed by atoms with van der Waals surface area (Å²) in [6.07, 6.45) is 1.10. The minimum atomic E-state index is -1.87. The van der Waals surface area contributed by atoms with Crippen molar-refractivity contribution in [3.05, 3.63) is 53.3 Å². The molecule has 7 nitrogen and oxygen atoms in total. The van der Waals surface area contributed by atoms with Gasteiger partial charge in [-0.1, -0.05) is 31.8 Å². The molecule has 1 saturated carbocycles.